The third-order valence-corrected chi connectivity index (χ3v) is 4.71. The van der Waals surface area contributed by atoms with E-state index < -0.39 is 41.4 Å². The molecule has 0 aromatic carbocycles. The molecule has 4 atom stereocenters. The van der Waals surface area contributed by atoms with Gasteiger partial charge in [0.1, 0.15) is 12.1 Å². The minimum absolute atomic E-state index is 0.177. The summed E-state index contributed by atoms with van der Waals surface area (Å²) in [5.41, 5.74) is 9.16. The Kier molecular flexibility index (Phi) is 4.86. The van der Waals surface area contributed by atoms with Gasteiger partial charge in [0.15, 0.2) is 5.41 Å². The fourth-order valence-electron chi connectivity index (χ4n) is 3.46. The van der Waals surface area contributed by atoms with Gasteiger partial charge in [0, 0.05) is 0 Å². The molecule has 0 saturated heterocycles. The first-order valence-corrected chi connectivity index (χ1v) is 7.72. The zero-order chi connectivity index (χ0) is 17.4. The average Bonchev–Trinajstić information content (AvgIpc) is 3.07. The van der Waals surface area contributed by atoms with Crippen molar-refractivity contribution in [1.82, 2.24) is 0 Å². The average molecular weight is 326 g/mol. The van der Waals surface area contributed by atoms with Crippen LogP contribution in [0.15, 0.2) is 0 Å². The van der Waals surface area contributed by atoms with Crippen LogP contribution >= 0.6 is 0 Å². The summed E-state index contributed by atoms with van der Waals surface area (Å²) in [7, 11) is 0. The third kappa shape index (κ3) is 3.13. The highest BCUT2D eigenvalue weighted by atomic mass is 16.6. The zero-order valence-corrected chi connectivity index (χ0v) is 13.2. The van der Waals surface area contributed by atoms with Crippen molar-refractivity contribution in [2.75, 3.05) is 0 Å². The van der Waals surface area contributed by atoms with E-state index in [0.29, 0.717) is 12.8 Å². The van der Waals surface area contributed by atoms with Gasteiger partial charge in [0.05, 0.1) is 0 Å². The molecule has 8 heteroatoms. The largest absolute Gasteiger partial charge is 0.391 e. The topological polar surface area (TPSA) is 139 Å². The van der Waals surface area contributed by atoms with Gasteiger partial charge in [-0.3, -0.25) is 9.59 Å². The molecule has 2 fully saturated rings. The van der Waals surface area contributed by atoms with Gasteiger partial charge in [-0.2, -0.15) is 0 Å². The molecule has 2 bridgehead atoms. The van der Waals surface area contributed by atoms with Crippen LogP contribution in [0.5, 0.6) is 0 Å². The van der Waals surface area contributed by atoms with Crippen LogP contribution in [0.2, 0.25) is 0 Å². The van der Waals surface area contributed by atoms with Crippen molar-refractivity contribution in [2.45, 2.75) is 51.6 Å². The molecule has 8 nitrogen and oxygen atoms in total. The molecule has 2 saturated carbocycles. The highest BCUT2D eigenvalue weighted by molar-refractivity contribution is 6.07. The lowest BCUT2D eigenvalue weighted by Gasteiger charge is -2.32. The first-order chi connectivity index (χ1) is 10.7. The molecule has 2 aliphatic rings. The van der Waals surface area contributed by atoms with Crippen LogP contribution in [0.4, 0.5) is 0 Å². The van der Waals surface area contributed by atoms with Crippen molar-refractivity contribution in [3.05, 3.63) is 0 Å². The summed E-state index contributed by atoms with van der Waals surface area (Å²) in [6.07, 6.45) is 2.43. The van der Waals surface area contributed by atoms with Crippen LogP contribution in [0.25, 0.3) is 0 Å². The molecule has 128 valence electrons. The number of hydrogen-bond acceptors (Lipinski definition) is 8. The minimum atomic E-state index is -1.61. The van der Waals surface area contributed by atoms with Crippen LogP contribution in [-0.2, 0) is 28.7 Å². The Hall–Kier alpha value is -1.80. The van der Waals surface area contributed by atoms with Gasteiger partial charge in [0.25, 0.3) is 0 Å². The number of esters is 4. The van der Waals surface area contributed by atoms with E-state index in [-0.39, 0.29) is 18.3 Å². The fraction of sp³-hybridized carbons (Fsp3) is 0.733. The van der Waals surface area contributed by atoms with Crippen molar-refractivity contribution in [1.29, 1.82) is 0 Å². The lowest BCUT2D eigenvalue weighted by Crippen LogP contribution is -2.49. The second kappa shape index (κ2) is 6.37. The molecule has 2 unspecified atom stereocenters. The van der Waals surface area contributed by atoms with Crippen LogP contribution in [-0.4, -0.2) is 36.0 Å². The Labute approximate surface area is 133 Å². The summed E-state index contributed by atoms with van der Waals surface area (Å²) in [5.74, 6) is -3.90. The Morgan fingerprint density at radius 1 is 0.957 bits per heavy atom. The normalized spacial score (nSPS) is 27.1. The van der Waals surface area contributed by atoms with E-state index in [0.717, 1.165) is 6.42 Å². The number of rotatable bonds is 4. The first kappa shape index (κ1) is 17.6. The number of fused-ring (bicyclic) bond motifs is 2. The Morgan fingerprint density at radius 3 is 1.74 bits per heavy atom. The van der Waals surface area contributed by atoms with E-state index >= 15 is 0 Å². The quantitative estimate of drug-likeness (QED) is 0.527. The van der Waals surface area contributed by atoms with Crippen molar-refractivity contribution in [3.8, 4) is 0 Å². The van der Waals surface area contributed by atoms with E-state index in [9.17, 15) is 19.2 Å². The van der Waals surface area contributed by atoms with Crippen molar-refractivity contribution in [2.24, 2.45) is 28.7 Å². The molecular weight excluding hydrogens is 304 g/mol. The molecule has 2 aliphatic carbocycles. The molecule has 0 aromatic rings. The van der Waals surface area contributed by atoms with Gasteiger partial charge in [-0.25, -0.2) is 9.59 Å². The Bertz CT molecular complexity index is 508. The molecule has 23 heavy (non-hydrogen) atoms. The summed E-state index contributed by atoms with van der Waals surface area (Å²) in [6, 6.07) is -1.98. The van der Waals surface area contributed by atoms with Gasteiger partial charge in [-0.1, -0.05) is 6.42 Å². The number of carbonyl (C=O) groups excluding carboxylic acids is 4. The number of carbonyl (C=O) groups is 4. The van der Waals surface area contributed by atoms with Crippen LogP contribution in [0.1, 0.15) is 39.5 Å². The summed E-state index contributed by atoms with van der Waals surface area (Å²) >= 11 is 0. The molecular formula is C15H22N2O6. The predicted octanol–water partition coefficient (Wildman–Crippen LogP) is -0.373. The molecule has 0 heterocycles. The fourth-order valence-corrected chi connectivity index (χ4v) is 3.46. The molecule has 0 aromatic heterocycles. The van der Waals surface area contributed by atoms with E-state index in [2.05, 4.69) is 0 Å². The highest BCUT2D eigenvalue weighted by Gasteiger charge is 2.63. The Morgan fingerprint density at radius 2 is 1.43 bits per heavy atom. The van der Waals surface area contributed by atoms with Gasteiger partial charge >= 0.3 is 23.9 Å². The molecule has 0 spiro atoms. The van der Waals surface area contributed by atoms with E-state index in [4.69, 9.17) is 20.9 Å². The molecule has 2 rings (SSSR count). The number of hydrogen-bond donors (Lipinski definition) is 2. The van der Waals surface area contributed by atoms with Crippen LogP contribution in [0, 0.1) is 17.3 Å². The summed E-state index contributed by atoms with van der Waals surface area (Å²) < 4.78 is 9.54. The van der Waals surface area contributed by atoms with Gasteiger partial charge in [0.2, 0.25) is 0 Å². The SMILES string of the molecule is C[C@H](N)C(=O)OC(=O)C1(C(=O)OC(=O)[C@H](C)N)CC2CCC1C2. The van der Waals surface area contributed by atoms with Gasteiger partial charge in [-0.15, -0.1) is 0 Å². The van der Waals surface area contributed by atoms with E-state index in [1.165, 1.54) is 13.8 Å². The van der Waals surface area contributed by atoms with Crippen molar-refractivity contribution in [3.63, 3.8) is 0 Å². The number of ether oxygens (including phenoxy) is 2. The second-order valence-corrected chi connectivity index (χ2v) is 6.55. The molecule has 0 radical (unpaired) electrons. The maximum atomic E-state index is 12.5. The third-order valence-electron chi connectivity index (χ3n) is 4.71. The van der Waals surface area contributed by atoms with Crippen LogP contribution in [0.3, 0.4) is 0 Å². The maximum Gasteiger partial charge on any atom is 0.331 e. The minimum Gasteiger partial charge on any atom is -0.391 e. The van der Waals surface area contributed by atoms with Crippen LogP contribution < -0.4 is 11.5 Å². The van der Waals surface area contributed by atoms with Gasteiger partial charge < -0.3 is 20.9 Å². The zero-order valence-electron chi connectivity index (χ0n) is 13.2. The second-order valence-electron chi connectivity index (χ2n) is 6.55. The Balaban J connectivity index is 2.24. The predicted molar refractivity (Wildman–Crippen MR) is 77.4 cm³/mol. The highest BCUT2D eigenvalue weighted by Crippen LogP contribution is 2.57. The smallest absolute Gasteiger partial charge is 0.331 e. The lowest BCUT2D eigenvalue weighted by atomic mass is 9.73. The summed E-state index contributed by atoms with van der Waals surface area (Å²) in [5, 5.41) is 0. The lowest BCUT2D eigenvalue weighted by molar-refractivity contribution is -0.183. The monoisotopic (exact) mass is 326 g/mol. The molecule has 0 aliphatic heterocycles. The molecule has 4 N–H and O–H groups in total. The maximum absolute atomic E-state index is 12.5. The summed E-state index contributed by atoms with van der Waals surface area (Å²) in [4.78, 5) is 48.3. The first-order valence-electron chi connectivity index (χ1n) is 7.72. The van der Waals surface area contributed by atoms with E-state index in [1.54, 1.807) is 0 Å². The van der Waals surface area contributed by atoms with Crippen molar-refractivity contribution < 1.29 is 28.7 Å². The standard InChI is InChI=1S/C15H22N2O6/c1-7(16)11(18)22-13(20)15(6-9-3-4-10(15)5-9)14(21)23-12(19)8(2)17/h7-10H,3-6,16-17H2,1-2H3/t7-,8-,9?,10?/m0/s1. The molecule has 0 amide bonds. The number of nitrogens with two attached hydrogens (primary N) is 2. The van der Waals surface area contributed by atoms with E-state index in [1.807, 2.05) is 0 Å². The summed E-state index contributed by atoms with van der Waals surface area (Å²) in [6.45, 7) is 2.75. The van der Waals surface area contributed by atoms with Crippen molar-refractivity contribution >= 4 is 23.9 Å². The van der Waals surface area contributed by atoms with Gasteiger partial charge in [-0.05, 0) is 44.9 Å².